The number of carbonyl (C=O) groups is 1. The molecule has 1 spiro atoms. The number of non-ortho nitro benzene ring substituents is 1. The average molecular weight is 335 g/mol. The summed E-state index contributed by atoms with van der Waals surface area (Å²) in [6.45, 7) is 1.48. The topological polar surface area (TPSA) is 87.9 Å². The fraction of sp³-hybridized carbons (Fsp3) is 0.588. The highest BCUT2D eigenvalue weighted by atomic mass is 16.7. The third kappa shape index (κ3) is 3.57. The summed E-state index contributed by atoms with van der Waals surface area (Å²) in [4.78, 5) is 22.3. The minimum absolute atomic E-state index is 0.122. The van der Waals surface area contributed by atoms with Gasteiger partial charge in [-0.1, -0.05) is 12.5 Å². The summed E-state index contributed by atoms with van der Waals surface area (Å²) in [5, 5.41) is 10.8. The molecule has 0 aromatic heterocycles. The van der Waals surface area contributed by atoms with E-state index in [9.17, 15) is 14.9 Å². The number of nitro groups is 1. The predicted octanol–water partition coefficient (Wildman–Crippen LogP) is 3.08. The molecule has 1 aliphatic carbocycles. The Labute approximate surface area is 140 Å². The van der Waals surface area contributed by atoms with Crippen molar-refractivity contribution in [3.63, 3.8) is 0 Å². The first-order valence-electron chi connectivity index (χ1n) is 8.30. The Hall–Kier alpha value is -1.99. The first-order chi connectivity index (χ1) is 11.6. The standard InChI is InChI=1S/C17H21NO6/c19-16(13-4-3-6-15(12-13)18(20)21)22-9-7-14-5-1-2-8-17(14)23-10-11-24-17/h3-4,6,12,14H,1-2,5,7-11H2/t14-/m1/s1. The van der Waals surface area contributed by atoms with Crippen LogP contribution < -0.4 is 0 Å². The van der Waals surface area contributed by atoms with Crippen LogP contribution in [0.3, 0.4) is 0 Å². The number of nitrogens with zero attached hydrogens (tertiary/aromatic N) is 1. The molecule has 0 amide bonds. The third-order valence-electron chi connectivity index (χ3n) is 4.72. The smallest absolute Gasteiger partial charge is 0.338 e. The number of rotatable bonds is 5. The molecular weight excluding hydrogens is 314 g/mol. The Bertz CT molecular complexity index is 611. The summed E-state index contributed by atoms with van der Waals surface area (Å²) in [7, 11) is 0. The van der Waals surface area contributed by atoms with E-state index in [1.807, 2.05) is 0 Å². The maximum absolute atomic E-state index is 12.1. The molecule has 1 heterocycles. The molecule has 130 valence electrons. The lowest BCUT2D eigenvalue weighted by Crippen LogP contribution is -2.42. The van der Waals surface area contributed by atoms with Gasteiger partial charge in [0, 0.05) is 24.5 Å². The highest BCUT2D eigenvalue weighted by Gasteiger charge is 2.45. The lowest BCUT2D eigenvalue weighted by molar-refractivity contribution is -0.384. The summed E-state index contributed by atoms with van der Waals surface area (Å²) in [6.07, 6.45) is 4.76. The molecule has 1 aliphatic heterocycles. The Morgan fingerprint density at radius 3 is 2.88 bits per heavy atom. The normalized spacial score (nSPS) is 22.4. The van der Waals surface area contributed by atoms with Crippen LogP contribution in [0.25, 0.3) is 0 Å². The average Bonchev–Trinajstić information content (AvgIpc) is 3.05. The van der Waals surface area contributed by atoms with Gasteiger partial charge >= 0.3 is 5.97 Å². The number of carbonyl (C=O) groups excluding carboxylic acids is 1. The first kappa shape index (κ1) is 16.9. The minimum atomic E-state index is -0.545. The zero-order valence-corrected chi connectivity index (χ0v) is 13.4. The summed E-state index contributed by atoms with van der Waals surface area (Å²) in [6, 6.07) is 5.57. The van der Waals surface area contributed by atoms with Gasteiger partial charge in [0.1, 0.15) is 0 Å². The van der Waals surface area contributed by atoms with Crippen molar-refractivity contribution in [2.24, 2.45) is 5.92 Å². The maximum atomic E-state index is 12.1. The highest BCUT2D eigenvalue weighted by molar-refractivity contribution is 5.90. The van der Waals surface area contributed by atoms with E-state index in [0.717, 1.165) is 25.7 Å². The molecule has 3 rings (SSSR count). The van der Waals surface area contributed by atoms with Gasteiger partial charge in [0.2, 0.25) is 0 Å². The SMILES string of the molecule is O=C(OCC[C@H]1CCCCC12OCCO2)c1cccc([N+](=O)[O-])c1. The van der Waals surface area contributed by atoms with Crippen molar-refractivity contribution in [1.82, 2.24) is 0 Å². The number of nitro benzene ring substituents is 1. The van der Waals surface area contributed by atoms with Crippen molar-refractivity contribution in [3.8, 4) is 0 Å². The van der Waals surface area contributed by atoms with Crippen LogP contribution in [0.1, 0.15) is 42.5 Å². The zero-order valence-electron chi connectivity index (χ0n) is 13.4. The van der Waals surface area contributed by atoms with E-state index >= 15 is 0 Å². The Morgan fingerprint density at radius 1 is 1.33 bits per heavy atom. The van der Waals surface area contributed by atoms with Gasteiger partial charge in [-0.05, 0) is 25.3 Å². The van der Waals surface area contributed by atoms with E-state index in [1.165, 1.54) is 24.3 Å². The lowest BCUT2D eigenvalue weighted by Gasteiger charge is -2.39. The minimum Gasteiger partial charge on any atom is -0.462 e. The van der Waals surface area contributed by atoms with Gasteiger partial charge in [-0.3, -0.25) is 10.1 Å². The van der Waals surface area contributed by atoms with E-state index in [1.54, 1.807) is 0 Å². The van der Waals surface area contributed by atoms with Gasteiger partial charge < -0.3 is 14.2 Å². The molecule has 1 aromatic carbocycles. The van der Waals surface area contributed by atoms with Crippen LogP contribution in [0.15, 0.2) is 24.3 Å². The fourth-order valence-corrected chi connectivity index (χ4v) is 3.52. The Kier molecular flexibility index (Phi) is 5.11. The van der Waals surface area contributed by atoms with Gasteiger partial charge in [0.15, 0.2) is 5.79 Å². The molecule has 1 atom stereocenters. The monoisotopic (exact) mass is 335 g/mol. The van der Waals surface area contributed by atoms with E-state index in [4.69, 9.17) is 14.2 Å². The van der Waals surface area contributed by atoms with E-state index in [0.29, 0.717) is 19.6 Å². The van der Waals surface area contributed by atoms with Crippen molar-refractivity contribution in [1.29, 1.82) is 0 Å². The van der Waals surface area contributed by atoms with Crippen LogP contribution in [0.4, 0.5) is 5.69 Å². The molecule has 0 radical (unpaired) electrons. The first-order valence-corrected chi connectivity index (χ1v) is 8.30. The van der Waals surface area contributed by atoms with Gasteiger partial charge in [0.25, 0.3) is 5.69 Å². The van der Waals surface area contributed by atoms with E-state index in [-0.39, 0.29) is 23.8 Å². The summed E-state index contributed by atoms with van der Waals surface area (Å²) < 4.78 is 17.0. The molecule has 2 aliphatic rings. The van der Waals surface area contributed by atoms with Crippen LogP contribution in [-0.4, -0.2) is 36.5 Å². The maximum Gasteiger partial charge on any atom is 0.338 e. The Morgan fingerprint density at radius 2 is 2.12 bits per heavy atom. The van der Waals surface area contributed by atoms with E-state index in [2.05, 4.69) is 0 Å². The summed E-state index contributed by atoms with van der Waals surface area (Å²) >= 11 is 0. The second-order valence-electron chi connectivity index (χ2n) is 6.18. The molecular formula is C17H21NO6. The number of hydrogen-bond acceptors (Lipinski definition) is 6. The number of ether oxygens (including phenoxy) is 3. The van der Waals surface area contributed by atoms with Crippen molar-refractivity contribution in [2.45, 2.75) is 37.9 Å². The molecule has 1 saturated carbocycles. The van der Waals surface area contributed by atoms with Crippen molar-refractivity contribution in [3.05, 3.63) is 39.9 Å². The van der Waals surface area contributed by atoms with Gasteiger partial charge in [0.05, 0.1) is 30.3 Å². The van der Waals surface area contributed by atoms with Gasteiger partial charge in [-0.15, -0.1) is 0 Å². The van der Waals surface area contributed by atoms with Crippen LogP contribution in [0.2, 0.25) is 0 Å². The largest absolute Gasteiger partial charge is 0.462 e. The van der Waals surface area contributed by atoms with Gasteiger partial charge in [-0.25, -0.2) is 4.79 Å². The summed E-state index contributed by atoms with van der Waals surface area (Å²) in [5.74, 6) is -0.834. The van der Waals surface area contributed by atoms with Crippen LogP contribution in [0.5, 0.6) is 0 Å². The zero-order chi connectivity index (χ0) is 17.0. The molecule has 2 fully saturated rings. The number of benzene rings is 1. The molecule has 0 N–H and O–H groups in total. The summed E-state index contributed by atoms with van der Waals surface area (Å²) in [5.41, 5.74) is 0.0689. The van der Waals surface area contributed by atoms with E-state index < -0.39 is 16.7 Å². The van der Waals surface area contributed by atoms with Crippen LogP contribution in [0, 0.1) is 16.0 Å². The fourth-order valence-electron chi connectivity index (χ4n) is 3.52. The third-order valence-corrected chi connectivity index (χ3v) is 4.72. The molecule has 24 heavy (non-hydrogen) atoms. The second kappa shape index (κ2) is 7.27. The van der Waals surface area contributed by atoms with Crippen LogP contribution >= 0.6 is 0 Å². The number of hydrogen-bond donors (Lipinski definition) is 0. The highest BCUT2D eigenvalue weighted by Crippen LogP contribution is 2.42. The lowest BCUT2D eigenvalue weighted by atomic mass is 9.81. The molecule has 7 nitrogen and oxygen atoms in total. The molecule has 7 heteroatoms. The van der Waals surface area contributed by atoms with Gasteiger partial charge in [-0.2, -0.15) is 0 Å². The quantitative estimate of drug-likeness (QED) is 0.467. The van der Waals surface area contributed by atoms with Crippen molar-refractivity contribution < 1.29 is 23.9 Å². The van der Waals surface area contributed by atoms with Crippen molar-refractivity contribution in [2.75, 3.05) is 19.8 Å². The molecule has 0 unspecified atom stereocenters. The van der Waals surface area contributed by atoms with Crippen LogP contribution in [-0.2, 0) is 14.2 Å². The predicted molar refractivity (Wildman–Crippen MR) is 84.6 cm³/mol. The second-order valence-corrected chi connectivity index (χ2v) is 6.18. The molecule has 0 bridgehead atoms. The van der Waals surface area contributed by atoms with Crippen molar-refractivity contribution >= 4 is 11.7 Å². The molecule has 1 saturated heterocycles. The Balaban J connectivity index is 1.55. The number of esters is 1. The molecule has 1 aromatic rings.